The van der Waals surface area contributed by atoms with Crippen molar-refractivity contribution in [3.63, 3.8) is 0 Å². The highest BCUT2D eigenvalue weighted by atomic mass is 35.5. The molecule has 7 heteroatoms. The zero-order valence-electron chi connectivity index (χ0n) is 13.2. The molecule has 3 aromatic rings. The van der Waals surface area contributed by atoms with E-state index in [1.165, 1.54) is 18.4 Å². The fourth-order valence-corrected chi connectivity index (χ4v) is 3.10. The second-order valence-electron chi connectivity index (χ2n) is 5.00. The Balaban J connectivity index is 1.68. The van der Waals surface area contributed by atoms with Gasteiger partial charge in [-0.2, -0.15) is 0 Å². The lowest BCUT2D eigenvalue weighted by Crippen LogP contribution is -2.04. The predicted octanol–water partition coefficient (Wildman–Crippen LogP) is 4.81. The molecule has 0 aliphatic rings. The van der Waals surface area contributed by atoms with Crippen LogP contribution in [0, 0.1) is 0 Å². The SMILES string of the molecule is COC(=O)c1sccc1-c1ccc(COC(=O)c2ccc(Cl)cc2)o1. The van der Waals surface area contributed by atoms with Crippen molar-refractivity contribution in [3.8, 4) is 11.3 Å². The summed E-state index contributed by atoms with van der Waals surface area (Å²) in [6.07, 6.45) is 0. The third-order valence-corrected chi connectivity index (χ3v) is 4.53. The smallest absolute Gasteiger partial charge is 0.348 e. The van der Waals surface area contributed by atoms with E-state index < -0.39 is 11.9 Å². The zero-order chi connectivity index (χ0) is 17.8. The van der Waals surface area contributed by atoms with Crippen LogP contribution in [0.5, 0.6) is 0 Å². The summed E-state index contributed by atoms with van der Waals surface area (Å²) in [6, 6.07) is 11.6. The van der Waals surface area contributed by atoms with Crippen LogP contribution in [0.15, 0.2) is 52.3 Å². The van der Waals surface area contributed by atoms with Gasteiger partial charge in [-0.05, 0) is 47.8 Å². The number of halogens is 1. The van der Waals surface area contributed by atoms with Crippen LogP contribution in [0.4, 0.5) is 0 Å². The molecule has 0 bridgehead atoms. The second kappa shape index (κ2) is 7.55. The van der Waals surface area contributed by atoms with Gasteiger partial charge in [0.2, 0.25) is 0 Å². The molecule has 2 heterocycles. The van der Waals surface area contributed by atoms with Crippen molar-refractivity contribution in [1.29, 1.82) is 0 Å². The lowest BCUT2D eigenvalue weighted by molar-refractivity contribution is 0.0446. The minimum Gasteiger partial charge on any atom is -0.465 e. The molecular formula is C18H13ClO5S. The lowest BCUT2D eigenvalue weighted by Gasteiger charge is -2.03. The highest BCUT2D eigenvalue weighted by Gasteiger charge is 2.18. The van der Waals surface area contributed by atoms with Gasteiger partial charge in [-0.25, -0.2) is 9.59 Å². The van der Waals surface area contributed by atoms with Crippen molar-refractivity contribution >= 4 is 34.9 Å². The number of carbonyl (C=O) groups excluding carboxylic acids is 2. The minimum atomic E-state index is -0.472. The average Bonchev–Trinajstić information content (AvgIpc) is 3.28. The number of rotatable bonds is 5. The molecule has 0 amide bonds. The molecule has 0 N–H and O–H groups in total. The van der Waals surface area contributed by atoms with E-state index in [2.05, 4.69) is 0 Å². The molecule has 2 aromatic heterocycles. The van der Waals surface area contributed by atoms with Crippen molar-refractivity contribution in [3.05, 3.63) is 69.1 Å². The van der Waals surface area contributed by atoms with Gasteiger partial charge in [0, 0.05) is 10.6 Å². The number of ether oxygens (including phenoxy) is 2. The van der Waals surface area contributed by atoms with Gasteiger partial charge < -0.3 is 13.9 Å². The first-order chi connectivity index (χ1) is 12.1. The summed E-state index contributed by atoms with van der Waals surface area (Å²) in [5.41, 5.74) is 1.05. The van der Waals surface area contributed by atoms with Gasteiger partial charge in [-0.1, -0.05) is 11.6 Å². The maximum Gasteiger partial charge on any atom is 0.348 e. The third-order valence-electron chi connectivity index (χ3n) is 3.39. The van der Waals surface area contributed by atoms with Gasteiger partial charge in [0.05, 0.1) is 12.7 Å². The van der Waals surface area contributed by atoms with E-state index in [0.29, 0.717) is 32.5 Å². The van der Waals surface area contributed by atoms with Crippen LogP contribution in [0.2, 0.25) is 5.02 Å². The van der Waals surface area contributed by atoms with Crippen LogP contribution < -0.4 is 0 Å². The summed E-state index contributed by atoms with van der Waals surface area (Å²) in [6.45, 7) is -0.0147. The largest absolute Gasteiger partial charge is 0.465 e. The van der Waals surface area contributed by atoms with Gasteiger partial charge in [-0.3, -0.25) is 0 Å². The van der Waals surface area contributed by atoms with Crippen LogP contribution in [-0.2, 0) is 16.1 Å². The zero-order valence-corrected chi connectivity index (χ0v) is 14.7. The molecule has 0 atom stereocenters. The molecule has 0 aliphatic heterocycles. The maximum atomic E-state index is 12.0. The van der Waals surface area contributed by atoms with E-state index in [1.807, 2.05) is 0 Å². The van der Waals surface area contributed by atoms with E-state index in [4.69, 9.17) is 25.5 Å². The summed E-state index contributed by atoms with van der Waals surface area (Å²) in [4.78, 5) is 24.2. The number of hydrogen-bond donors (Lipinski definition) is 0. The Kier molecular flexibility index (Phi) is 5.21. The Bertz CT molecular complexity index is 894. The Morgan fingerprint density at radius 1 is 1.08 bits per heavy atom. The normalized spacial score (nSPS) is 10.5. The Morgan fingerprint density at radius 3 is 2.56 bits per heavy atom. The quantitative estimate of drug-likeness (QED) is 0.598. The monoisotopic (exact) mass is 376 g/mol. The third kappa shape index (κ3) is 3.92. The number of esters is 2. The molecule has 128 valence electrons. The second-order valence-corrected chi connectivity index (χ2v) is 6.36. The van der Waals surface area contributed by atoms with Gasteiger partial charge in [-0.15, -0.1) is 11.3 Å². The lowest BCUT2D eigenvalue weighted by atomic mass is 10.2. The standard InChI is InChI=1S/C18H13ClO5S/c1-22-18(21)16-14(8-9-25-16)15-7-6-13(24-15)10-23-17(20)11-2-4-12(19)5-3-11/h2-9H,10H2,1H3. The average molecular weight is 377 g/mol. The van der Waals surface area contributed by atoms with Crippen LogP contribution in [0.3, 0.4) is 0 Å². The summed E-state index contributed by atoms with van der Waals surface area (Å²) < 4.78 is 15.6. The minimum absolute atomic E-state index is 0.0147. The van der Waals surface area contributed by atoms with Crippen molar-refractivity contribution in [2.45, 2.75) is 6.61 Å². The summed E-state index contributed by atoms with van der Waals surface area (Å²) in [5, 5.41) is 2.33. The Labute approximate surface area is 152 Å². The first kappa shape index (κ1) is 17.3. The maximum absolute atomic E-state index is 12.0. The van der Waals surface area contributed by atoms with Gasteiger partial charge in [0.1, 0.15) is 23.0 Å². The highest BCUT2D eigenvalue weighted by molar-refractivity contribution is 7.12. The van der Waals surface area contributed by atoms with Gasteiger partial charge >= 0.3 is 11.9 Å². The highest BCUT2D eigenvalue weighted by Crippen LogP contribution is 2.30. The first-order valence-electron chi connectivity index (χ1n) is 7.26. The van der Waals surface area contributed by atoms with Crippen molar-refractivity contribution in [2.75, 3.05) is 7.11 Å². The molecule has 0 radical (unpaired) electrons. The first-order valence-corrected chi connectivity index (χ1v) is 8.52. The Morgan fingerprint density at radius 2 is 1.84 bits per heavy atom. The van der Waals surface area contributed by atoms with Crippen molar-refractivity contribution in [2.24, 2.45) is 0 Å². The van der Waals surface area contributed by atoms with Gasteiger partial charge in [0.15, 0.2) is 0 Å². The fourth-order valence-electron chi connectivity index (χ4n) is 2.16. The molecule has 0 saturated carbocycles. The van der Waals surface area contributed by atoms with E-state index in [1.54, 1.807) is 47.8 Å². The van der Waals surface area contributed by atoms with Crippen molar-refractivity contribution in [1.82, 2.24) is 0 Å². The van der Waals surface area contributed by atoms with Gasteiger partial charge in [0.25, 0.3) is 0 Å². The fraction of sp³-hybridized carbons (Fsp3) is 0.111. The number of thiophene rings is 1. The van der Waals surface area contributed by atoms with Crippen LogP contribution in [-0.4, -0.2) is 19.0 Å². The number of furan rings is 1. The molecule has 1 aromatic carbocycles. The van der Waals surface area contributed by atoms with Crippen LogP contribution >= 0.6 is 22.9 Å². The molecule has 0 aliphatic carbocycles. The molecule has 5 nitrogen and oxygen atoms in total. The summed E-state index contributed by atoms with van der Waals surface area (Å²) >= 11 is 7.06. The molecule has 0 unspecified atom stereocenters. The number of benzene rings is 1. The topological polar surface area (TPSA) is 65.7 Å². The van der Waals surface area contributed by atoms with E-state index in [9.17, 15) is 9.59 Å². The summed E-state index contributed by atoms with van der Waals surface area (Å²) in [5.74, 6) is 0.0936. The number of hydrogen-bond acceptors (Lipinski definition) is 6. The molecule has 0 fully saturated rings. The predicted molar refractivity (Wildman–Crippen MR) is 93.9 cm³/mol. The molecule has 0 saturated heterocycles. The molecule has 3 rings (SSSR count). The molecular weight excluding hydrogens is 364 g/mol. The van der Waals surface area contributed by atoms with E-state index >= 15 is 0 Å². The number of carbonyl (C=O) groups is 2. The van der Waals surface area contributed by atoms with E-state index in [-0.39, 0.29) is 6.61 Å². The molecule has 25 heavy (non-hydrogen) atoms. The summed E-state index contributed by atoms with van der Waals surface area (Å²) in [7, 11) is 1.33. The Hall–Kier alpha value is -2.57. The van der Waals surface area contributed by atoms with Crippen LogP contribution in [0.25, 0.3) is 11.3 Å². The van der Waals surface area contributed by atoms with Crippen LogP contribution in [0.1, 0.15) is 25.8 Å². The van der Waals surface area contributed by atoms with Crippen molar-refractivity contribution < 1.29 is 23.5 Å². The number of methoxy groups -OCH3 is 1. The van der Waals surface area contributed by atoms with E-state index in [0.717, 1.165) is 0 Å². The molecule has 0 spiro atoms.